The molecule has 0 saturated carbocycles. The van der Waals surface area contributed by atoms with Crippen LogP contribution in [0.15, 0.2) is 11.2 Å². The van der Waals surface area contributed by atoms with Gasteiger partial charge in [-0.1, -0.05) is 11.6 Å². The number of alkyl halides is 1. The molecule has 0 saturated heterocycles. The van der Waals surface area contributed by atoms with Gasteiger partial charge in [-0.05, 0) is 0 Å². The van der Waals surface area contributed by atoms with E-state index in [0.29, 0.717) is 12.5 Å². The lowest BCUT2D eigenvalue weighted by Crippen LogP contribution is -2.29. The number of nitrogens with one attached hydrogen (secondary N) is 1. The van der Waals surface area contributed by atoms with Gasteiger partial charge in [0.25, 0.3) is 10.0 Å². The number of halogens is 2. The van der Waals surface area contributed by atoms with E-state index in [1.165, 1.54) is 17.9 Å². The van der Waals surface area contributed by atoms with Crippen molar-refractivity contribution in [3.8, 4) is 0 Å². The summed E-state index contributed by atoms with van der Waals surface area (Å²) in [6, 6.07) is 0. The topological polar surface area (TPSA) is 73.2 Å². The smallest absolute Gasteiger partial charge is 0.259 e. The molecule has 17 heavy (non-hydrogen) atoms. The molecule has 0 aromatic carbocycles. The summed E-state index contributed by atoms with van der Waals surface area (Å²) in [5.74, 6) is 0.375. The third-order valence-corrected chi connectivity index (χ3v) is 3.98. The van der Waals surface area contributed by atoms with Crippen LogP contribution in [-0.4, -0.2) is 43.8 Å². The summed E-state index contributed by atoms with van der Waals surface area (Å²) in [6.45, 7) is 0.790. The summed E-state index contributed by atoms with van der Waals surface area (Å²) >= 11 is 11.1. The van der Waals surface area contributed by atoms with Crippen LogP contribution in [0.25, 0.3) is 0 Å². The van der Waals surface area contributed by atoms with Gasteiger partial charge in [0.05, 0.1) is 24.4 Å². The highest BCUT2D eigenvalue weighted by molar-refractivity contribution is 7.89. The molecule has 0 amide bonds. The average Bonchev–Trinajstić information content (AvgIpc) is 2.58. The van der Waals surface area contributed by atoms with Crippen molar-refractivity contribution < 1.29 is 13.2 Å². The van der Waals surface area contributed by atoms with Crippen LogP contribution >= 0.6 is 23.2 Å². The highest BCUT2D eigenvalue weighted by Crippen LogP contribution is 2.19. The van der Waals surface area contributed by atoms with Crippen molar-refractivity contribution in [2.75, 3.05) is 25.6 Å². The molecule has 0 aliphatic rings. The molecule has 1 heterocycles. The van der Waals surface area contributed by atoms with Crippen LogP contribution in [-0.2, 0) is 21.8 Å². The standard InChI is InChI=1S/C8H13Cl2N3O3S/c1-13-8(7(10)6-11-13)17(14,15)12-3-5-16-4-2-9/h6,12H,2-5H2,1H3. The fourth-order valence-electron chi connectivity index (χ4n) is 1.17. The van der Waals surface area contributed by atoms with Crippen LogP contribution in [0, 0.1) is 0 Å². The van der Waals surface area contributed by atoms with E-state index in [-0.39, 0.29) is 23.2 Å². The Bertz CT molecular complexity index is 441. The molecular formula is C8H13Cl2N3O3S. The maximum absolute atomic E-state index is 11.8. The number of ether oxygens (including phenoxy) is 1. The van der Waals surface area contributed by atoms with Crippen molar-refractivity contribution in [2.24, 2.45) is 7.05 Å². The van der Waals surface area contributed by atoms with Gasteiger partial charge in [0, 0.05) is 19.5 Å². The SMILES string of the molecule is Cn1ncc(Cl)c1S(=O)(=O)NCCOCCCl. The van der Waals surface area contributed by atoms with Crippen LogP contribution in [0.5, 0.6) is 0 Å². The van der Waals surface area contributed by atoms with Gasteiger partial charge in [0.15, 0.2) is 5.03 Å². The molecule has 0 bridgehead atoms. The molecule has 1 aromatic rings. The van der Waals surface area contributed by atoms with E-state index < -0.39 is 10.0 Å². The van der Waals surface area contributed by atoms with Gasteiger partial charge >= 0.3 is 0 Å². The van der Waals surface area contributed by atoms with Gasteiger partial charge in [0.2, 0.25) is 0 Å². The molecule has 0 fully saturated rings. The van der Waals surface area contributed by atoms with Crippen LogP contribution in [0.4, 0.5) is 0 Å². The summed E-state index contributed by atoms with van der Waals surface area (Å²) in [7, 11) is -2.16. The van der Waals surface area contributed by atoms with Gasteiger partial charge < -0.3 is 4.74 Å². The largest absolute Gasteiger partial charge is 0.379 e. The van der Waals surface area contributed by atoms with E-state index in [1.807, 2.05) is 0 Å². The molecular weight excluding hydrogens is 289 g/mol. The Kier molecular flexibility index (Phi) is 5.68. The van der Waals surface area contributed by atoms with E-state index in [0.717, 1.165) is 0 Å². The Hall–Kier alpha value is -0.340. The predicted octanol–water partition coefficient (Wildman–Crippen LogP) is 0.607. The number of aryl methyl sites for hydroxylation is 1. The minimum absolute atomic E-state index is 0.0588. The Morgan fingerprint density at radius 1 is 1.53 bits per heavy atom. The van der Waals surface area contributed by atoms with E-state index >= 15 is 0 Å². The predicted molar refractivity (Wildman–Crippen MR) is 64.9 cm³/mol. The van der Waals surface area contributed by atoms with Crippen molar-refractivity contribution in [1.82, 2.24) is 14.5 Å². The number of nitrogens with zero attached hydrogens (tertiary/aromatic N) is 2. The van der Waals surface area contributed by atoms with Crippen LogP contribution in [0.2, 0.25) is 5.02 Å². The monoisotopic (exact) mass is 301 g/mol. The third kappa shape index (κ3) is 4.11. The fraction of sp³-hybridized carbons (Fsp3) is 0.625. The fourth-order valence-corrected chi connectivity index (χ4v) is 2.95. The molecule has 0 aliphatic heterocycles. The first-order valence-corrected chi connectivity index (χ1v) is 7.19. The minimum atomic E-state index is -3.66. The lowest BCUT2D eigenvalue weighted by atomic mass is 10.7. The van der Waals surface area contributed by atoms with E-state index in [2.05, 4.69) is 9.82 Å². The lowest BCUT2D eigenvalue weighted by molar-refractivity contribution is 0.155. The van der Waals surface area contributed by atoms with Crippen molar-refractivity contribution in [2.45, 2.75) is 5.03 Å². The highest BCUT2D eigenvalue weighted by atomic mass is 35.5. The summed E-state index contributed by atoms with van der Waals surface area (Å²) in [6.07, 6.45) is 1.28. The van der Waals surface area contributed by atoms with Gasteiger partial charge in [-0.25, -0.2) is 13.1 Å². The normalized spacial score (nSPS) is 11.9. The van der Waals surface area contributed by atoms with Crippen molar-refractivity contribution >= 4 is 33.2 Å². The highest BCUT2D eigenvalue weighted by Gasteiger charge is 2.21. The number of hydrogen-bond acceptors (Lipinski definition) is 4. The zero-order valence-corrected chi connectivity index (χ0v) is 11.5. The molecule has 0 unspecified atom stereocenters. The van der Waals surface area contributed by atoms with Crippen LogP contribution in [0.3, 0.4) is 0 Å². The molecule has 0 atom stereocenters. The first kappa shape index (κ1) is 14.7. The summed E-state index contributed by atoms with van der Waals surface area (Å²) < 4.78 is 32.3. The van der Waals surface area contributed by atoms with Crippen molar-refractivity contribution in [3.05, 3.63) is 11.2 Å². The van der Waals surface area contributed by atoms with Crippen LogP contribution < -0.4 is 4.72 Å². The molecule has 1 N–H and O–H groups in total. The second-order valence-electron chi connectivity index (χ2n) is 3.12. The molecule has 9 heteroatoms. The molecule has 0 radical (unpaired) electrons. The van der Waals surface area contributed by atoms with E-state index in [9.17, 15) is 8.42 Å². The third-order valence-electron chi connectivity index (χ3n) is 1.86. The maximum atomic E-state index is 11.8. The zero-order chi connectivity index (χ0) is 12.9. The Balaban J connectivity index is 2.58. The zero-order valence-electron chi connectivity index (χ0n) is 9.19. The number of aromatic nitrogens is 2. The molecule has 98 valence electrons. The number of hydrogen-bond donors (Lipinski definition) is 1. The van der Waals surface area contributed by atoms with E-state index in [1.54, 1.807) is 0 Å². The van der Waals surface area contributed by atoms with Gasteiger partial charge in [0.1, 0.15) is 0 Å². The summed E-state index contributed by atoms with van der Waals surface area (Å²) in [5.41, 5.74) is 0. The molecule has 0 aliphatic carbocycles. The lowest BCUT2D eigenvalue weighted by Gasteiger charge is -2.07. The van der Waals surface area contributed by atoms with Crippen molar-refractivity contribution in [1.29, 1.82) is 0 Å². The summed E-state index contributed by atoms with van der Waals surface area (Å²) in [4.78, 5) is 0. The second kappa shape index (κ2) is 6.55. The Morgan fingerprint density at radius 3 is 2.76 bits per heavy atom. The number of rotatable bonds is 7. The van der Waals surface area contributed by atoms with Crippen LogP contribution in [0.1, 0.15) is 0 Å². The average molecular weight is 302 g/mol. The molecule has 1 rings (SSSR count). The first-order chi connectivity index (χ1) is 7.99. The minimum Gasteiger partial charge on any atom is -0.379 e. The molecule has 6 nitrogen and oxygen atoms in total. The summed E-state index contributed by atoms with van der Waals surface area (Å²) in [5, 5.41) is 3.78. The van der Waals surface area contributed by atoms with Gasteiger partial charge in [-0.3, -0.25) is 4.68 Å². The second-order valence-corrected chi connectivity index (χ2v) is 5.59. The molecule has 0 spiro atoms. The Labute approximate surface area is 110 Å². The van der Waals surface area contributed by atoms with E-state index in [4.69, 9.17) is 27.9 Å². The molecule has 1 aromatic heterocycles. The Morgan fingerprint density at radius 2 is 2.24 bits per heavy atom. The maximum Gasteiger partial charge on any atom is 0.259 e. The van der Waals surface area contributed by atoms with Crippen molar-refractivity contribution in [3.63, 3.8) is 0 Å². The van der Waals surface area contributed by atoms with Gasteiger partial charge in [-0.2, -0.15) is 5.10 Å². The van der Waals surface area contributed by atoms with Gasteiger partial charge in [-0.15, -0.1) is 11.6 Å². The quantitative estimate of drug-likeness (QED) is 0.591. The number of sulfonamides is 1. The first-order valence-electron chi connectivity index (χ1n) is 4.80.